The largest absolute Gasteiger partial charge is 0.370 e. The third-order valence-electron chi connectivity index (χ3n) is 3.73. The van der Waals surface area contributed by atoms with Crippen LogP contribution >= 0.6 is 11.8 Å². The molecule has 0 aromatic carbocycles. The highest BCUT2D eigenvalue weighted by atomic mass is 32.2. The lowest BCUT2D eigenvalue weighted by Gasteiger charge is -2.14. The molecular weight excluding hydrogens is 254 g/mol. The molecule has 0 atom stereocenters. The lowest BCUT2D eigenvalue weighted by atomic mass is 10.1. The van der Waals surface area contributed by atoms with Gasteiger partial charge in [-0.25, -0.2) is 9.97 Å². The molecule has 106 valence electrons. The van der Waals surface area contributed by atoms with Gasteiger partial charge < -0.3 is 5.32 Å². The van der Waals surface area contributed by atoms with Crippen molar-refractivity contribution in [2.45, 2.75) is 57.4 Å². The molecule has 0 aliphatic heterocycles. The summed E-state index contributed by atoms with van der Waals surface area (Å²) < 4.78 is 0. The Labute approximate surface area is 121 Å². The molecule has 0 bridgehead atoms. The fourth-order valence-electron chi connectivity index (χ4n) is 2.61. The Morgan fingerprint density at radius 2 is 2.05 bits per heavy atom. The van der Waals surface area contributed by atoms with Crippen molar-refractivity contribution in [1.82, 2.24) is 9.97 Å². The molecule has 0 radical (unpaired) electrons. The normalized spacial score (nSPS) is 15.9. The van der Waals surface area contributed by atoms with Gasteiger partial charge in [-0.1, -0.05) is 26.7 Å². The second-order valence-electron chi connectivity index (χ2n) is 5.25. The molecule has 19 heavy (non-hydrogen) atoms. The summed E-state index contributed by atoms with van der Waals surface area (Å²) >= 11 is 1.93. The zero-order valence-electron chi connectivity index (χ0n) is 12.1. The van der Waals surface area contributed by atoms with Gasteiger partial charge in [0.2, 0.25) is 0 Å². The summed E-state index contributed by atoms with van der Waals surface area (Å²) in [6.07, 6.45) is 9.46. The van der Waals surface area contributed by atoms with Gasteiger partial charge in [0.15, 0.2) is 0 Å². The van der Waals surface area contributed by atoms with Gasteiger partial charge >= 0.3 is 0 Å². The summed E-state index contributed by atoms with van der Waals surface area (Å²) in [5.41, 5.74) is 1.29. The topological polar surface area (TPSA) is 37.8 Å². The maximum atomic E-state index is 4.49. The van der Waals surface area contributed by atoms with Crippen molar-refractivity contribution in [2.24, 2.45) is 5.92 Å². The summed E-state index contributed by atoms with van der Waals surface area (Å²) in [5.74, 6) is 3.15. The van der Waals surface area contributed by atoms with E-state index in [-0.39, 0.29) is 0 Å². The van der Waals surface area contributed by atoms with Crippen molar-refractivity contribution < 1.29 is 0 Å². The van der Waals surface area contributed by atoms with Gasteiger partial charge in [0.25, 0.3) is 0 Å². The van der Waals surface area contributed by atoms with Crippen LogP contribution in [0.25, 0.3) is 0 Å². The van der Waals surface area contributed by atoms with Gasteiger partial charge in [-0.15, -0.1) is 11.8 Å². The third-order valence-corrected chi connectivity index (χ3v) is 5.00. The van der Waals surface area contributed by atoms with Crippen LogP contribution in [-0.2, 0) is 6.42 Å². The van der Waals surface area contributed by atoms with Crippen LogP contribution in [-0.4, -0.2) is 22.3 Å². The summed E-state index contributed by atoms with van der Waals surface area (Å²) in [6, 6.07) is 0. The van der Waals surface area contributed by atoms with E-state index in [2.05, 4.69) is 29.1 Å². The van der Waals surface area contributed by atoms with Crippen molar-refractivity contribution in [2.75, 3.05) is 17.6 Å². The molecule has 0 amide bonds. The minimum absolute atomic E-state index is 0.900. The highest BCUT2D eigenvalue weighted by Gasteiger charge is 2.17. The van der Waals surface area contributed by atoms with Crippen LogP contribution in [0.2, 0.25) is 0 Å². The third kappa shape index (κ3) is 4.10. The van der Waals surface area contributed by atoms with Gasteiger partial charge in [-0.05, 0) is 31.6 Å². The van der Waals surface area contributed by atoms with Crippen LogP contribution in [0.3, 0.4) is 0 Å². The van der Waals surface area contributed by atoms with Crippen LogP contribution in [0.5, 0.6) is 0 Å². The quantitative estimate of drug-likeness (QED) is 0.601. The molecule has 1 saturated carbocycles. The average Bonchev–Trinajstić information content (AvgIpc) is 2.96. The van der Waals surface area contributed by atoms with E-state index in [1.165, 1.54) is 42.0 Å². The van der Waals surface area contributed by atoms with E-state index >= 15 is 0 Å². The monoisotopic (exact) mass is 279 g/mol. The Balaban J connectivity index is 2.01. The molecule has 1 fully saturated rings. The maximum absolute atomic E-state index is 4.49. The van der Waals surface area contributed by atoms with E-state index in [4.69, 9.17) is 0 Å². The molecule has 2 rings (SSSR count). The molecule has 3 nitrogen and oxygen atoms in total. The lowest BCUT2D eigenvalue weighted by molar-refractivity contribution is 0.622. The first-order valence-electron chi connectivity index (χ1n) is 7.55. The first-order valence-corrected chi connectivity index (χ1v) is 8.54. The zero-order valence-corrected chi connectivity index (χ0v) is 12.9. The minimum atomic E-state index is 0.900. The van der Waals surface area contributed by atoms with Crippen LogP contribution in [0, 0.1) is 5.92 Å². The molecule has 1 heterocycles. The summed E-state index contributed by atoms with van der Waals surface area (Å²) in [4.78, 5) is 8.88. The van der Waals surface area contributed by atoms with E-state index in [0.29, 0.717) is 0 Å². The van der Waals surface area contributed by atoms with Crippen LogP contribution in [0.1, 0.15) is 51.5 Å². The van der Waals surface area contributed by atoms with E-state index in [9.17, 15) is 0 Å². The maximum Gasteiger partial charge on any atom is 0.133 e. The van der Waals surface area contributed by atoms with Gasteiger partial charge in [0.05, 0.1) is 0 Å². The molecule has 0 unspecified atom stereocenters. The Hall–Kier alpha value is -0.770. The molecule has 0 spiro atoms. The fraction of sp³-hybridized carbons (Fsp3) is 0.733. The van der Waals surface area contributed by atoms with Crippen LogP contribution < -0.4 is 5.32 Å². The predicted octanol–water partition coefficient (Wildman–Crippen LogP) is 4.14. The second kappa shape index (κ2) is 7.73. The number of hydrogen-bond acceptors (Lipinski definition) is 4. The van der Waals surface area contributed by atoms with Crippen molar-refractivity contribution in [3.05, 3.63) is 11.9 Å². The highest BCUT2D eigenvalue weighted by Crippen LogP contribution is 2.32. The van der Waals surface area contributed by atoms with Crippen molar-refractivity contribution in [1.29, 1.82) is 0 Å². The lowest BCUT2D eigenvalue weighted by Crippen LogP contribution is -2.07. The second-order valence-corrected chi connectivity index (χ2v) is 6.26. The van der Waals surface area contributed by atoms with E-state index in [1.807, 2.05) is 11.8 Å². The Morgan fingerprint density at radius 3 is 2.74 bits per heavy atom. The standard InChI is InChI=1S/C15H25N3S/c1-3-9-16-14-13(4-2)15(18-11-17-14)19-10-12-7-5-6-8-12/h11-12H,3-10H2,1-2H3,(H,16,17,18). The van der Waals surface area contributed by atoms with E-state index in [0.717, 1.165) is 31.1 Å². The van der Waals surface area contributed by atoms with Gasteiger partial charge in [0, 0.05) is 17.9 Å². The highest BCUT2D eigenvalue weighted by molar-refractivity contribution is 7.99. The zero-order chi connectivity index (χ0) is 13.5. The summed E-state index contributed by atoms with van der Waals surface area (Å²) in [6.45, 7) is 5.35. The molecule has 1 aromatic rings. The molecule has 1 aromatic heterocycles. The van der Waals surface area contributed by atoms with Crippen molar-refractivity contribution in [3.8, 4) is 0 Å². The number of nitrogens with one attached hydrogen (secondary N) is 1. The predicted molar refractivity (Wildman–Crippen MR) is 82.9 cm³/mol. The van der Waals surface area contributed by atoms with Crippen LogP contribution in [0.15, 0.2) is 11.4 Å². The SMILES string of the molecule is CCCNc1ncnc(SCC2CCCC2)c1CC. The van der Waals surface area contributed by atoms with Crippen molar-refractivity contribution >= 4 is 17.6 Å². The fourth-order valence-corrected chi connectivity index (χ4v) is 3.87. The molecule has 4 heteroatoms. The summed E-state index contributed by atoms with van der Waals surface area (Å²) in [7, 11) is 0. The van der Waals surface area contributed by atoms with Gasteiger partial charge in [-0.3, -0.25) is 0 Å². The number of rotatable bonds is 7. The van der Waals surface area contributed by atoms with E-state index in [1.54, 1.807) is 6.33 Å². The number of thioether (sulfide) groups is 1. The molecular formula is C15H25N3S. The smallest absolute Gasteiger partial charge is 0.133 e. The molecule has 1 aliphatic rings. The van der Waals surface area contributed by atoms with Gasteiger partial charge in [-0.2, -0.15) is 0 Å². The number of hydrogen-bond donors (Lipinski definition) is 1. The first-order chi connectivity index (χ1) is 9.35. The number of aromatic nitrogens is 2. The Bertz CT molecular complexity index is 389. The van der Waals surface area contributed by atoms with Crippen LogP contribution in [0.4, 0.5) is 5.82 Å². The van der Waals surface area contributed by atoms with E-state index < -0.39 is 0 Å². The average molecular weight is 279 g/mol. The minimum Gasteiger partial charge on any atom is -0.370 e. The Kier molecular flexibility index (Phi) is 5.95. The molecule has 1 aliphatic carbocycles. The Morgan fingerprint density at radius 1 is 1.26 bits per heavy atom. The number of nitrogens with zero attached hydrogens (tertiary/aromatic N) is 2. The molecule has 0 saturated heterocycles. The number of anilines is 1. The molecule has 1 N–H and O–H groups in total. The first kappa shape index (κ1) is 14.6. The van der Waals surface area contributed by atoms with Gasteiger partial charge in [0.1, 0.15) is 17.2 Å². The van der Waals surface area contributed by atoms with Crippen molar-refractivity contribution in [3.63, 3.8) is 0 Å². The summed E-state index contributed by atoms with van der Waals surface area (Å²) in [5, 5.41) is 4.60.